The number of aliphatic hydroxyl groups is 1. The lowest BCUT2D eigenvalue weighted by atomic mass is 10.0. The van der Waals surface area contributed by atoms with Crippen molar-refractivity contribution in [2.45, 2.75) is 25.6 Å². The minimum atomic E-state index is -1.67. The molecule has 2 unspecified atom stereocenters. The van der Waals surface area contributed by atoms with E-state index in [1.807, 2.05) is 0 Å². The Kier molecular flexibility index (Phi) is 2.77. The quantitative estimate of drug-likeness (QED) is 0.611. The zero-order chi connectivity index (χ0) is 7.49. The van der Waals surface area contributed by atoms with Crippen molar-refractivity contribution in [2.24, 2.45) is 0 Å². The van der Waals surface area contributed by atoms with Crippen LogP contribution in [0.25, 0.3) is 0 Å². The average Bonchev–Trinajstić information content (AvgIpc) is 1.65. The van der Waals surface area contributed by atoms with Gasteiger partial charge in [-0.25, -0.2) is 8.78 Å². The van der Waals surface area contributed by atoms with Gasteiger partial charge in [0, 0.05) is 0 Å². The molecule has 1 nitrogen and oxygen atoms in total. The van der Waals surface area contributed by atoms with E-state index in [0.29, 0.717) is 0 Å². The van der Waals surface area contributed by atoms with Gasteiger partial charge >= 0.3 is 0 Å². The van der Waals surface area contributed by atoms with E-state index in [0.717, 1.165) is 6.08 Å². The first-order chi connectivity index (χ1) is 4.00. The Balaban J connectivity index is 4.01. The highest BCUT2D eigenvalue weighted by molar-refractivity contribution is 4.97. The van der Waals surface area contributed by atoms with Gasteiger partial charge in [-0.2, -0.15) is 0 Å². The van der Waals surface area contributed by atoms with E-state index in [-0.39, 0.29) is 6.33 Å². The van der Waals surface area contributed by atoms with Crippen LogP contribution in [-0.4, -0.2) is 16.9 Å². The number of alkyl halides is 1. The van der Waals surface area contributed by atoms with Gasteiger partial charge in [0.2, 0.25) is 0 Å². The molecule has 0 aromatic carbocycles. The Morgan fingerprint density at radius 3 is 2.22 bits per heavy atom. The topological polar surface area (TPSA) is 20.2 Å². The molecule has 9 heavy (non-hydrogen) atoms. The fourth-order valence-electron chi connectivity index (χ4n) is 0.260. The second kappa shape index (κ2) is 2.92. The van der Waals surface area contributed by atoms with Gasteiger partial charge in [-0.15, -0.1) is 0 Å². The van der Waals surface area contributed by atoms with E-state index in [4.69, 9.17) is 5.11 Å². The summed E-state index contributed by atoms with van der Waals surface area (Å²) in [6.07, 6.45) is -0.544. The van der Waals surface area contributed by atoms with Crippen LogP contribution in [0.5, 0.6) is 0 Å². The summed E-state index contributed by atoms with van der Waals surface area (Å²) in [4.78, 5) is 0. The van der Waals surface area contributed by atoms with Crippen molar-refractivity contribution < 1.29 is 13.9 Å². The molecule has 0 saturated heterocycles. The zero-order valence-electron chi connectivity index (χ0n) is 5.44. The molecule has 0 radical (unpaired) electrons. The Morgan fingerprint density at radius 2 is 2.11 bits per heavy atom. The summed E-state index contributed by atoms with van der Waals surface area (Å²) in [6.45, 7) is 2.37. The third-order valence-electron chi connectivity index (χ3n) is 1.21. The third kappa shape index (κ3) is 2.56. The van der Waals surface area contributed by atoms with Crippen molar-refractivity contribution in [3.8, 4) is 0 Å². The maximum Gasteiger partial charge on any atom is 0.129 e. The molecule has 0 rings (SSSR count). The molecule has 0 aliphatic rings. The largest absolute Gasteiger partial charge is 0.383 e. The first kappa shape index (κ1) is 8.56. The fourth-order valence-corrected chi connectivity index (χ4v) is 0.260. The molecule has 0 fully saturated rings. The van der Waals surface area contributed by atoms with E-state index in [2.05, 4.69) is 0 Å². The third-order valence-corrected chi connectivity index (χ3v) is 1.21. The summed E-state index contributed by atoms with van der Waals surface area (Å²) in [5.41, 5.74) is -1.67. The van der Waals surface area contributed by atoms with Crippen LogP contribution < -0.4 is 0 Å². The molecule has 2 atom stereocenters. The minimum Gasteiger partial charge on any atom is -0.383 e. The van der Waals surface area contributed by atoms with Gasteiger partial charge in [0.1, 0.15) is 11.8 Å². The maximum atomic E-state index is 12.2. The van der Waals surface area contributed by atoms with Crippen LogP contribution in [0.4, 0.5) is 8.78 Å². The van der Waals surface area contributed by atoms with Crippen LogP contribution >= 0.6 is 0 Å². The normalized spacial score (nSPS) is 21.9. The summed E-state index contributed by atoms with van der Waals surface area (Å²) in [6, 6.07) is 0. The Labute approximate surface area is 53.0 Å². The molecular weight excluding hydrogens is 126 g/mol. The predicted molar refractivity (Wildman–Crippen MR) is 31.4 cm³/mol. The summed E-state index contributed by atoms with van der Waals surface area (Å²) >= 11 is 0. The number of hydrogen-bond acceptors (Lipinski definition) is 1. The standard InChI is InChI=1S/C6H10F2O/c1-5(8)6(2,9)3-4-7/h3-5,9H,1-2H3/b4-3+. The highest BCUT2D eigenvalue weighted by Gasteiger charge is 2.24. The lowest BCUT2D eigenvalue weighted by Crippen LogP contribution is -2.31. The zero-order valence-corrected chi connectivity index (χ0v) is 5.44. The average molecular weight is 136 g/mol. The summed E-state index contributed by atoms with van der Waals surface area (Å²) in [5, 5.41) is 8.89. The molecular formula is C6H10F2O. The second-order valence-electron chi connectivity index (χ2n) is 2.13. The van der Waals surface area contributed by atoms with E-state index in [9.17, 15) is 8.78 Å². The lowest BCUT2D eigenvalue weighted by molar-refractivity contribution is 0.0314. The minimum absolute atomic E-state index is 0.135. The van der Waals surface area contributed by atoms with Crippen LogP contribution in [0.15, 0.2) is 12.4 Å². The molecule has 0 aromatic rings. The van der Waals surface area contributed by atoms with Gasteiger partial charge in [0.05, 0.1) is 6.33 Å². The maximum absolute atomic E-state index is 12.2. The molecule has 0 aromatic heterocycles. The highest BCUT2D eigenvalue weighted by atomic mass is 19.1. The van der Waals surface area contributed by atoms with Crippen molar-refractivity contribution in [3.63, 3.8) is 0 Å². The summed E-state index contributed by atoms with van der Waals surface area (Å²) < 4.78 is 23.5. The van der Waals surface area contributed by atoms with Crippen LogP contribution in [0.3, 0.4) is 0 Å². The number of rotatable bonds is 2. The fraction of sp³-hybridized carbons (Fsp3) is 0.667. The van der Waals surface area contributed by atoms with Crippen molar-refractivity contribution in [2.75, 3.05) is 0 Å². The van der Waals surface area contributed by atoms with Gasteiger partial charge in [0.15, 0.2) is 0 Å². The first-order valence-electron chi connectivity index (χ1n) is 2.65. The van der Waals surface area contributed by atoms with E-state index in [1.54, 1.807) is 0 Å². The Hall–Kier alpha value is -0.440. The van der Waals surface area contributed by atoms with Crippen molar-refractivity contribution in [1.29, 1.82) is 0 Å². The smallest absolute Gasteiger partial charge is 0.129 e. The monoisotopic (exact) mass is 136 g/mol. The van der Waals surface area contributed by atoms with Gasteiger partial charge in [0.25, 0.3) is 0 Å². The van der Waals surface area contributed by atoms with Gasteiger partial charge < -0.3 is 5.11 Å². The molecule has 0 heterocycles. The van der Waals surface area contributed by atoms with Gasteiger partial charge in [-0.3, -0.25) is 0 Å². The van der Waals surface area contributed by atoms with Crippen LogP contribution in [0, 0.1) is 0 Å². The van der Waals surface area contributed by atoms with Gasteiger partial charge in [-0.05, 0) is 19.9 Å². The molecule has 0 aliphatic heterocycles. The number of hydrogen-bond donors (Lipinski definition) is 1. The van der Waals surface area contributed by atoms with Crippen LogP contribution in [0.1, 0.15) is 13.8 Å². The van der Waals surface area contributed by atoms with Crippen molar-refractivity contribution >= 4 is 0 Å². The van der Waals surface area contributed by atoms with E-state index in [1.165, 1.54) is 13.8 Å². The molecule has 54 valence electrons. The Bertz CT molecular complexity index is 108. The SMILES string of the molecule is CC(F)C(C)(O)/C=C/F. The predicted octanol–water partition coefficient (Wildman–Crippen LogP) is 1.58. The molecule has 1 N–H and O–H groups in total. The molecule has 0 spiro atoms. The van der Waals surface area contributed by atoms with E-state index >= 15 is 0 Å². The molecule has 3 heteroatoms. The van der Waals surface area contributed by atoms with Crippen LogP contribution in [-0.2, 0) is 0 Å². The van der Waals surface area contributed by atoms with E-state index < -0.39 is 11.8 Å². The number of halogens is 2. The molecule has 0 bridgehead atoms. The first-order valence-corrected chi connectivity index (χ1v) is 2.65. The molecule has 0 saturated carbocycles. The molecule has 0 amide bonds. The summed E-state index contributed by atoms with van der Waals surface area (Å²) in [7, 11) is 0. The second-order valence-corrected chi connectivity index (χ2v) is 2.13. The van der Waals surface area contributed by atoms with Crippen molar-refractivity contribution in [1.82, 2.24) is 0 Å². The van der Waals surface area contributed by atoms with Crippen molar-refractivity contribution in [3.05, 3.63) is 12.4 Å². The van der Waals surface area contributed by atoms with Crippen LogP contribution in [0.2, 0.25) is 0 Å². The summed E-state index contributed by atoms with van der Waals surface area (Å²) in [5.74, 6) is 0. The van der Waals surface area contributed by atoms with Gasteiger partial charge in [-0.1, -0.05) is 0 Å². The highest BCUT2D eigenvalue weighted by Crippen LogP contribution is 2.14. The Morgan fingerprint density at radius 1 is 1.67 bits per heavy atom. The molecule has 0 aliphatic carbocycles. The lowest BCUT2D eigenvalue weighted by Gasteiger charge is -2.18.